The lowest BCUT2D eigenvalue weighted by molar-refractivity contribution is 0.0443. The molecule has 19 heavy (non-hydrogen) atoms. The smallest absolute Gasteiger partial charge is 0.0336 e. The maximum absolute atomic E-state index is 6.29. The van der Waals surface area contributed by atoms with Gasteiger partial charge in [0.25, 0.3) is 0 Å². The first-order chi connectivity index (χ1) is 9.08. The number of alkyl halides is 1. The number of hydrogen-bond acceptors (Lipinski definition) is 1. The quantitative estimate of drug-likeness (QED) is 0.534. The highest BCUT2D eigenvalue weighted by molar-refractivity contribution is 6.20. The minimum atomic E-state index is 0.447. The molecular weight excluding hydrogens is 254 g/mol. The highest BCUT2D eigenvalue weighted by Crippen LogP contribution is 2.49. The zero-order chi connectivity index (χ0) is 13.6. The van der Waals surface area contributed by atoms with E-state index >= 15 is 0 Å². The average molecular weight is 282 g/mol. The third kappa shape index (κ3) is 2.49. The summed E-state index contributed by atoms with van der Waals surface area (Å²) in [5, 5.41) is 0.447. The Kier molecular flexibility index (Phi) is 3.97. The monoisotopic (exact) mass is 281 g/mol. The predicted molar refractivity (Wildman–Crippen MR) is 82.6 cm³/mol. The number of halogens is 1. The van der Waals surface area contributed by atoms with Gasteiger partial charge in [0, 0.05) is 17.5 Å². The van der Waals surface area contributed by atoms with Gasteiger partial charge in [0.1, 0.15) is 0 Å². The zero-order valence-electron chi connectivity index (χ0n) is 12.4. The van der Waals surface area contributed by atoms with Crippen LogP contribution >= 0.6 is 11.6 Å². The van der Waals surface area contributed by atoms with Crippen LogP contribution in [0.3, 0.4) is 0 Å². The molecule has 2 saturated heterocycles. The van der Waals surface area contributed by atoms with Crippen LogP contribution in [0.25, 0.3) is 0 Å². The molecule has 1 aliphatic carbocycles. The normalized spacial score (nSPS) is 47.3. The minimum Gasteiger partial charge on any atom is -0.300 e. The van der Waals surface area contributed by atoms with Crippen LogP contribution in [0.5, 0.6) is 0 Å². The molecule has 0 aromatic carbocycles. The molecule has 1 nitrogen and oxygen atoms in total. The predicted octanol–water partition coefficient (Wildman–Crippen LogP) is 4.46. The molecule has 0 aromatic rings. The standard InChI is InChI=1S/C17H28ClN/c1-11(2)17-15(12-4-6-13(18)7-5-12)10-14-8-9-16(17)19(14)3/h12-17H,1,4-10H2,2-3H3/t12?,13?,14-,15-,16?,17?/m1/s1. The summed E-state index contributed by atoms with van der Waals surface area (Å²) in [6, 6.07) is 1.62. The maximum atomic E-state index is 6.29. The summed E-state index contributed by atoms with van der Waals surface area (Å²) in [5.41, 5.74) is 1.43. The molecule has 3 fully saturated rings. The van der Waals surface area contributed by atoms with Crippen molar-refractivity contribution in [1.82, 2.24) is 4.90 Å². The number of rotatable bonds is 2. The average Bonchev–Trinajstić information content (AvgIpc) is 2.63. The molecule has 2 heteroatoms. The molecule has 3 aliphatic rings. The minimum absolute atomic E-state index is 0.447. The van der Waals surface area contributed by atoms with E-state index in [1.165, 1.54) is 50.5 Å². The second-order valence-electron chi connectivity index (χ2n) is 7.25. The second-order valence-corrected chi connectivity index (χ2v) is 7.86. The van der Waals surface area contributed by atoms with Crippen molar-refractivity contribution in [2.24, 2.45) is 17.8 Å². The Bertz CT molecular complexity index is 345. The zero-order valence-corrected chi connectivity index (χ0v) is 13.2. The lowest BCUT2D eigenvalue weighted by Crippen LogP contribution is -2.49. The molecule has 108 valence electrons. The van der Waals surface area contributed by atoms with Crippen molar-refractivity contribution in [2.75, 3.05) is 7.05 Å². The van der Waals surface area contributed by atoms with Crippen LogP contribution < -0.4 is 0 Å². The fourth-order valence-electron chi connectivity index (χ4n) is 5.19. The van der Waals surface area contributed by atoms with E-state index in [1.807, 2.05) is 0 Å². The van der Waals surface area contributed by atoms with Crippen LogP contribution in [0.15, 0.2) is 12.2 Å². The molecule has 2 unspecified atom stereocenters. The van der Waals surface area contributed by atoms with Crippen molar-refractivity contribution in [2.45, 2.75) is 69.3 Å². The van der Waals surface area contributed by atoms with Crippen molar-refractivity contribution in [3.63, 3.8) is 0 Å². The Morgan fingerprint density at radius 1 is 1.11 bits per heavy atom. The summed E-state index contributed by atoms with van der Waals surface area (Å²) in [6.45, 7) is 6.60. The molecule has 0 N–H and O–H groups in total. The largest absolute Gasteiger partial charge is 0.300 e. The highest BCUT2D eigenvalue weighted by Gasteiger charge is 2.48. The van der Waals surface area contributed by atoms with Gasteiger partial charge in [0.2, 0.25) is 0 Å². The molecule has 2 bridgehead atoms. The Labute approximate surface area is 123 Å². The third-order valence-electron chi connectivity index (χ3n) is 6.19. The van der Waals surface area contributed by atoms with Crippen LogP contribution in [-0.4, -0.2) is 29.4 Å². The van der Waals surface area contributed by atoms with Crippen molar-refractivity contribution in [3.05, 3.63) is 12.2 Å². The highest BCUT2D eigenvalue weighted by atomic mass is 35.5. The van der Waals surface area contributed by atoms with Gasteiger partial charge in [0.15, 0.2) is 0 Å². The number of hydrogen-bond donors (Lipinski definition) is 0. The molecule has 0 amide bonds. The van der Waals surface area contributed by atoms with Crippen molar-refractivity contribution in [1.29, 1.82) is 0 Å². The van der Waals surface area contributed by atoms with Crippen molar-refractivity contribution >= 4 is 11.6 Å². The van der Waals surface area contributed by atoms with Gasteiger partial charge in [-0.3, -0.25) is 4.90 Å². The van der Waals surface area contributed by atoms with Gasteiger partial charge in [-0.05, 0) is 76.7 Å². The van der Waals surface area contributed by atoms with Gasteiger partial charge in [-0.1, -0.05) is 12.2 Å². The van der Waals surface area contributed by atoms with E-state index in [2.05, 4.69) is 25.5 Å². The maximum Gasteiger partial charge on any atom is 0.0336 e. The van der Waals surface area contributed by atoms with Crippen molar-refractivity contribution < 1.29 is 0 Å². The molecular formula is C17H28ClN. The number of piperidine rings is 1. The molecule has 1 saturated carbocycles. The van der Waals surface area contributed by atoms with Crippen LogP contribution in [0, 0.1) is 17.8 Å². The molecule has 0 spiro atoms. The third-order valence-corrected chi connectivity index (χ3v) is 6.63. The van der Waals surface area contributed by atoms with Gasteiger partial charge >= 0.3 is 0 Å². The summed E-state index contributed by atoms with van der Waals surface area (Å²) < 4.78 is 0. The molecule has 3 rings (SSSR count). The van der Waals surface area contributed by atoms with Gasteiger partial charge in [-0.25, -0.2) is 0 Å². The summed E-state index contributed by atoms with van der Waals surface area (Å²) >= 11 is 6.29. The van der Waals surface area contributed by atoms with Crippen LogP contribution in [-0.2, 0) is 0 Å². The Morgan fingerprint density at radius 2 is 1.79 bits per heavy atom. The summed E-state index contributed by atoms with van der Waals surface area (Å²) in [5.74, 6) is 2.53. The van der Waals surface area contributed by atoms with E-state index < -0.39 is 0 Å². The van der Waals surface area contributed by atoms with Gasteiger partial charge in [-0.2, -0.15) is 0 Å². The van der Waals surface area contributed by atoms with Crippen LogP contribution in [0.1, 0.15) is 51.9 Å². The second kappa shape index (κ2) is 5.41. The lowest BCUT2D eigenvalue weighted by Gasteiger charge is -2.47. The van der Waals surface area contributed by atoms with E-state index in [0.29, 0.717) is 5.38 Å². The molecule has 2 heterocycles. The number of fused-ring (bicyclic) bond motifs is 2. The molecule has 0 aromatic heterocycles. The van der Waals surface area contributed by atoms with Crippen LogP contribution in [0.4, 0.5) is 0 Å². The van der Waals surface area contributed by atoms with Crippen molar-refractivity contribution in [3.8, 4) is 0 Å². The van der Waals surface area contributed by atoms with E-state index in [-0.39, 0.29) is 0 Å². The first kappa shape index (κ1) is 13.9. The summed E-state index contributed by atoms with van der Waals surface area (Å²) in [7, 11) is 2.34. The van der Waals surface area contributed by atoms with Gasteiger partial charge in [-0.15, -0.1) is 11.6 Å². The van der Waals surface area contributed by atoms with Gasteiger partial charge in [0.05, 0.1) is 0 Å². The summed E-state index contributed by atoms with van der Waals surface area (Å²) in [4.78, 5) is 2.66. The Hall–Kier alpha value is -0.0100. The lowest BCUT2D eigenvalue weighted by atomic mass is 9.66. The Morgan fingerprint density at radius 3 is 2.42 bits per heavy atom. The van der Waals surface area contributed by atoms with E-state index in [9.17, 15) is 0 Å². The number of nitrogens with zero attached hydrogens (tertiary/aromatic N) is 1. The van der Waals surface area contributed by atoms with E-state index in [1.54, 1.807) is 0 Å². The van der Waals surface area contributed by atoms with E-state index in [0.717, 1.165) is 29.8 Å². The summed E-state index contributed by atoms with van der Waals surface area (Å²) in [6.07, 6.45) is 9.37. The van der Waals surface area contributed by atoms with E-state index in [4.69, 9.17) is 11.6 Å². The Balaban J connectivity index is 1.78. The fourth-order valence-corrected chi connectivity index (χ4v) is 5.44. The fraction of sp³-hybridized carbons (Fsp3) is 0.882. The molecule has 0 radical (unpaired) electrons. The van der Waals surface area contributed by atoms with Gasteiger partial charge < -0.3 is 0 Å². The molecule has 4 atom stereocenters. The first-order valence-corrected chi connectivity index (χ1v) is 8.53. The SMILES string of the molecule is C=C(C)C1C2CC[C@H](C[C@@H]1C1CCC(Cl)CC1)N2C. The molecule has 2 aliphatic heterocycles. The van der Waals surface area contributed by atoms with Crippen LogP contribution in [0.2, 0.25) is 0 Å². The first-order valence-electron chi connectivity index (χ1n) is 8.09. The topological polar surface area (TPSA) is 3.24 Å².